The van der Waals surface area contributed by atoms with Gasteiger partial charge < -0.3 is 4.57 Å². The predicted octanol–water partition coefficient (Wildman–Crippen LogP) is 4.43. The Morgan fingerprint density at radius 1 is 1.30 bits per heavy atom. The van der Waals surface area contributed by atoms with E-state index >= 15 is 0 Å². The van der Waals surface area contributed by atoms with Crippen molar-refractivity contribution in [3.63, 3.8) is 0 Å². The summed E-state index contributed by atoms with van der Waals surface area (Å²) < 4.78 is 2.13. The molecule has 0 radical (unpaired) electrons. The van der Waals surface area contributed by atoms with E-state index < -0.39 is 0 Å². The van der Waals surface area contributed by atoms with Gasteiger partial charge in [-0.2, -0.15) is 0 Å². The molecule has 5 heteroatoms. The standard InChI is InChI=1S/C15H13Cl2N3/c1-10(11-3-2-4-12(17)7-11)20-14-5-6-18-9-13(14)19-15(20)8-16/h2-7,9-10H,8H2,1H3. The largest absolute Gasteiger partial charge is 0.320 e. The molecule has 0 aliphatic rings. The minimum Gasteiger partial charge on any atom is -0.320 e. The molecule has 102 valence electrons. The minimum absolute atomic E-state index is 0.106. The maximum atomic E-state index is 6.08. The maximum absolute atomic E-state index is 6.08. The van der Waals surface area contributed by atoms with Gasteiger partial charge in [-0.05, 0) is 30.7 Å². The zero-order valence-corrected chi connectivity index (χ0v) is 12.4. The van der Waals surface area contributed by atoms with Gasteiger partial charge in [0.2, 0.25) is 0 Å². The third-order valence-corrected chi connectivity index (χ3v) is 3.88. The summed E-state index contributed by atoms with van der Waals surface area (Å²) in [6.45, 7) is 2.11. The first-order valence-electron chi connectivity index (χ1n) is 6.33. The van der Waals surface area contributed by atoms with Crippen molar-refractivity contribution in [2.45, 2.75) is 18.8 Å². The van der Waals surface area contributed by atoms with E-state index in [9.17, 15) is 0 Å². The molecule has 0 saturated carbocycles. The van der Waals surface area contributed by atoms with Crippen LogP contribution in [-0.2, 0) is 5.88 Å². The van der Waals surface area contributed by atoms with Crippen LogP contribution in [0.25, 0.3) is 11.0 Å². The average molecular weight is 306 g/mol. The van der Waals surface area contributed by atoms with E-state index in [2.05, 4.69) is 27.5 Å². The number of aromatic nitrogens is 3. The summed E-state index contributed by atoms with van der Waals surface area (Å²) in [5.74, 6) is 1.20. The predicted molar refractivity (Wildman–Crippen MR) is 82.4 cm³/mol. The molecule has 0 aliphatic carbocycles. The van der Waals surface area contributed by atoms with Crippen molar-refractivity contribution in [2.24, 2.45) is 0 Å². The van der Waals surface area contributed by atoms with Gasteiger partial charge in [0.15, 0.2) is 0 Å². The quantitative estimate of drug-likeness (QED) is 0.670. The number of alkyl halides is 1. The Balaban J connectivity index is 2.17. The zero-order valence-electron chi connectivity index (χ0n) is 10.9. The summed E-state index contributed by atoms with van der Waals surface area (Å²) in [6, 6.07) is 9.92. The van der Waals surface area contributed by atoms with Gasteiger partial charge in [0.05, 0.1) is 23.6 Å². The van der Waals surface area contributed by atoms with Gasteiger partial charge >= 0.3 is 0 Å². The molecule has 3 nitrogen and oxygen atoms in total. The molecule has 2 heterocycles. The molecular formula is C15H13Cl2N3. The second kappa shape index (κ2) is 5.43. The van der Waals surface area contributed by atoms with Crippen LogP contribution < -0.4 is 0 Å². The van der Waals surface area contributed by atoms with Crippen LogP contribution in [0.1, 0.15) is 24.4 Å². The molecule has 0 spiro atoms. The fourth-order valence-electron chi connectivity index (χ4n) is 2.44. The molecule has 1 aromatic carbocycles. The highest BCUT2D eigenvalue weighted by atomic mass is 35.5. The van der Waals surface area contributed by atoms with Gasteiger partial charge in [0.1, 0.15) is 11.3 Å². The summed E-state index contributed by atoms with van der Waals surface area (Å²) in [7, 11) is 0. The van der Waals surface area contributed by atoms with Crippen molar-refractivity contribution in [1.82, 2.24) is 14.5 Å². The first-order valence-corrected chi connectivity index (χ1v) is 7.24. The SMILES string of the molecule is CC(c1cccc(Cl)c1)n1c(CCl)nc2cnccc21. The van der Waals surface area contributed by atoms with Crippen molar-refractivity contribution in [3.8, 4) is 0 Å². The monoisotopic (exact) mass is 305 g/mol. The van der Waals surface area contributed by atoms with E-state index in [1.54, 1.807) is 12.4 Å². The Hall–Kier alpha value is -1.58. The molecule has 3 rings (SSSR count). The molecule has 1 unspecified atom stereocenters. The molecule has 0 N–H and O–H groups in total. The Labute approximate surface area is 127 Å². The van der Waals surface area contributed by atoms with Crippen molar-refractivity contribution >= 4 is 34.2 Å². The van der Waals surface area contributed by atoms with E-state index in [-0.39, 0.29) is 6.04 Å². The molecular weight excluding hydrogens is 293 g/mol. The lowest BCUT2D eigenvalue weighted by Gasteiger charge is -2.17. The number of halogens is 2. The van der Waals surface area contributed by atoms with Gasteiger partial charge in [-0.1, -0.05) is 23.7 Å². The molecule has 0 fully saturated rings. The zero-order chi connectivity index (χ0) is 14.1. The third-order valence-electron chi connectivity index (χ3n) is 3.40. The summed E-state index contributed by atoms with van der Waals surface area (Å²) in [4.78, 5) is 8.64. The van der Waals surface area contributed by atoms with Crippen molar-refractivity contribution in [2.75, 3.05) is 0 Å². The molecule has 0 bridgehead atoms. The Bertz CT molecular complexity index is 752. The van der Waals surface area contributed by atoms with Crippen molar-refractivity contribution in [1.29, 1.82) is 0 Å². The molecule has 20 heavy (non-hydrogen) atoms. The highest BCUT2D eigenvalue weighted by molar-refractivity contribution is 6.30. The van der Waals surface area contributed by atoms with Crippen LogP contribution in [-0.4, -0.2) is 14.5 Å². The van der Waals surface area contributed by atoms with Crippen LogP contribution in [0, 0.1) is 0 Å². The van der Waals surface area contributed by atoms with E-state index in [1.165, 1.54) is 0 Å². The molecule has 0 amide bonds. The van der Waals surface area contributed by atoms with E-state index in [0.717, 1.165) is 27.4 Å². The third kappa shape index (κ3) is 2.28. The van der Waals surface area contributed by atoms with Gasteiger partial charge in [-0.15, -0.1) is 11.6 Å². The fraction of sp³-hybridized carbons (Fsp3) is 0.200. The lowest BCUT2D eigenvalue weighted by molar-refractivity contribution is 0.634. The topological polar surface area (TPSA) is 30.7 Å². The molecule has 1 atom stereocenters. The van der Waals surface area contributed by atoms with Crippen LogP contribution in [0.2, 0.25) is 5.02 Å². The van der Waals surface area contributed by atoms with E-state index in [1.807, 2.05) is 24.3 Å². The van der Waals surface area contributed by atoms with Gasteiger partial charge in [0, 0.05) is 11.2 Å². The van der Waals surface area contributed by atoms with Crippen LogP contribution in [0.4, 0.5) is 0 Å². The van der Waals surface area contributed by atoms with Crippen LogP contribution >= 0.6 is 23.2 Å². The average Bonchev–Trinajstić information content (AvgIpc) is 2.85. The van der Waals surface area contributed by atoms with Gasteiger partial charge in [0.25, 0.3) is 0 Å². The Kier molecular flexibility index (Phi) is 3.64. The maximum Gasteiger partial charge on any atom is 0.125 e. The number of fused-ring (bicyclic) bond motifs is 1. The molecule has 0 saturated heterocycles. The van der Waals surface area contributed by atoms with Crippen molar-refractivity contribution < 1.29 is 0 Å². The summed E-state index contributed by atoms with van der Waals surface area (Å²) in [6.07, 6.45) is 3.52. The Morgan fingerprint density at radius 3 is 2.90 bits per heavy atom. The highest BCUT2D eigenvalue weighted by Crippen LogP contribution is 2.27. The molecule has 2 aromatic heterocycles. The van der Waals surface area contributed by atoms with Crippen LogP contribution in [0.3, 0.4) is 0 Å². The number of nitrogens with zero attached hydrogens (tertiary/aromatic N) is 3. The molecule has 3 aromatic rings. The number of hydrogen-bond acceptors (Lipinski definition) is 2. The fourth-order valence-corrected chi connectivity index (χ4v) is 2.83. The van der Waals surface area contributed by atoms with Crippen LogP contribution in [0.5, 0.6) is 0 Å². The van der Waals surface area contributed by atoms with Gasteiger partial charge in [-0.25, -0.2) is 4.98 Å². The smallest absolute Gasteiger partial charge is 0.125 e. The van der Waals surface area contributed by atoms with Gasteiger partial charge in [-0.3, -0.25) is 4.98 Å². The van der Waals surface area contributed by atoms with Crippen molar-refractivity contribution in [3.05, 3.63) is 59.1 Å². The minimum atomic E-state index is 0.106. The summed E-state index contributed by atoms with van der Waals surface area (Å²) in [5.41, 5.74) is 3.01. The normalized spacial score (nSPS) is 12.8. The number of rotatable bonds is 3. The first-order chi connectivity index (χ1) is 9.70. The highest BCUT2D eigenvalue weighted by Gasteiger charge is 2.16. The summed E-state index contributed by atoms with van der Waals surface area (Å²) in [5, 5.41) is 0.730. The second-order valence-electron chi connectivity index (χ2n) is 4.63. The second-order valence-corrected chi connectivity index (χ2v) is 5.33. The summed E-state index contributed by atoms with van der Waals surface area (Å²) >= 11 is 12.1. The molecule has 0 aliphatic heterocycles. The lowest BCUT2D eigenvalue weighted by Crippen LogP contribution is -2.09. The van der Waals surface area contributed by atoms with E-state index in [4.69, 9.17) is 23.2 Å². The van der Waals surface area contributed by atoms with Crippen LogP contribution in [0.15, 0.2) is 42.7 Å². The number of benzene rings is 1. The lowest BCUT2D eigenvalue weighted by atomic mass is 10.1. The first kappa shape index (κ1) is 13.4. The number of hydrogen-bond donors (Lipinski definition) is 0. The van der Waals surface area contributed by atoms with E-state index in [0.29, 0.717) is 5.88 Å². The number of imidazole rings is 1. The Morgan fingerprint density at radius 2 is 2.15 bits per heavy atom. The number of pyridine rings is 1.